The topological polar surface area (TPSA) is 26.3 Å². The molecule has 1 unspecified atom stereocenters. The first-order valence-corrected chi connectivity index (χ1v) is 4.43. The standard InChI is InChI=1S/C5H12O2P/c1-3-4-5-7-8(2)6/h3-5H2,1-2H3/q+1. The number of hydrogen-bond acceptors (Lipinski definition) is 2. The maximum Gasteiger partial charge on any atom is 0.504 e. The zero-order valence-corrected chi connectivity index (χ0v) is 6.28. The van der Waals surface area contributed by atoms with Gasteiger partial charge >= 0.3 is 8.03 Å². The maximum absolute atomic E-state index is 10.2. The van der Waals surface area contributed by atoms with Gasteiger partial charge in [0.25, 0.3) is 0 Å². The number of rotatable bonds is 4. The van der Waals surface area contributed by atoms with Gasteiger partial charge in [0.2, 0.25) is 0 Å². The molecule has 0 rings (SSSR count). The van der Waals surface area contributed by atoms with Crippen LogP contribution in [-0.2, 0) is 9.09 Å². The van der Waals surface area contributed by atoms with Crippen LogP contribution in [-0.4, -0.2) is 13.3 Å². The summed E-state index contributed by atoms with van der Waals surface area (Å²) in [6.45, 7) is 4.29. The average molecular weight is 135 g/mol. The van der Waals surface area contributed by atoms with Crippen molar-refractivity contribution in [2.75, 3.05) is 13.3 Å². The van der Waals surface area contributed by atoms with E-state index >= 15 is 0 Å². The van der Waals surface area contributed by atoms with E-state index in [9.17, 15) is 4.57 Å². The Morgan fingerprint density at radius 2 is 2.25 bits per heavy atom. The third-order valence-electron chi connectivity index (χ3n) is 0.771. The van der Waals surface area contributed by atoms with E-state index in [-0.39, 0.29) is 0 Å². The Labute approximate surface area is 51.1 Å². The molecule has 48 valence electrons. The van der Waals surface area contributed by atoms with Gasteiger partial charge in [-0.3, -0.25) is 0 Å². The van der Waals surface area contributed by atoms with Crippen molar-refractivity contribution >= 4 is 8.03 Å². The van der Waals surface area contributed by atoms with Gasteiger partial charge in [0.05, 0.1) is 0 Å². The molecule has 0 amide bonds. The Balaban J connectivity index is 2.82. The zero-order chi connectivity index (χ0) is 6.41. The summed E-state index contributed by atoms with van der Waals surface area (Å²) in [7, 11) is -1.36. The van der Waals surface area contributed by atoms with Gasteiger partial charge in [0, 0.05) is 0 Å². The molecule has 8 heavy (non-hydrogen) atoms. The Morgan fingerprint density at radius 1 is 1.62 bits per heavy atom. The summed E-state index contributed by atoms with van der Waals surface area (Å²) in [5.74, 6) is 0. The van der Waals surface area contributed by atoms with Crippen molar-refractivity contribution in [2.24, 2.45) is 0 Å². The number of hydrogen-bond donors (Lipinski definition) is 0. The molecule has 0 aliphatic carbocycles. The van der Waals surface area contributed by atoms with Gasteiger partial charge in [-0.25, -0.2) is 0 Å². The van der Waals surface area contributed by atoms with Crippen molar-refractivity contribution < 1.29 is 9.09 Å². The molecule has 2 nitrogen and oxygen atoms in total. The van der Waals surface area contributed by atoms with Crippen LogP contribution < -0.4 is 0 Å². The molecule has 0 aromatic heterocycles. The van der Waals surface area contributed by atoms with Crippen LogP contribution in [0.15, 0.2) is 0 Å². The highest BCUT2D eigenvalue weighted by atomic mass is 31.1. The first-order chi connectivity index (χ1) is 3.77. The lowest BCUT2D eigenvalue weighted by molar-refractivity contribution is 0.324. The molecule has 1 atom stereocenters. The first kappa shape index (κ1) is 8.06. The van der Waals surface area contributed by atoms with E-state index in [4.69, 9.17) is 4.52 Å². The predicted octanol–water partition coefficient (Wildman–Crippen LogP) is 2.18. The molecule has 0 aromatic rings. The molecular weight excluding hydrogens is 123 g/mol. The van der Waals surface area contributed by atoms with Crippen molar-refractivity contribution in [3.05, 3.63) is 0 Å². The van der Waals surface area contributed by atoms with Gasteiger partial charge in [0.1, 0.15) is 6.61 Å². The summed E-state index contributed by atoms with van der Waals surface area (Å²) in [5, 5.41) is 0. The second-order valence-electron chi connectivity index (χ2n) is 1.63. The molecule has 0 N–H and O–H groups in total. The van der Waals surface area contributed by atoms with Crippen LogP contribution in [0.2, 0.25) is 0 Å². The molecule has 0 heterocycles. The highest BCUT2D eigenvalue weighted by molar-refractivity contribution is 7.38. The summed E-state index contributed by atoms with van der Waals surface area (Å²) in [5.41, 5.74) is 0. The molecule has 0 spiro atoms. The minimum absolute atomic E-state index is 0.641. The zero-order valence-electron chi connectivity index (χ0n) is 5.39. The highest BCUT2D eigenvalue weighted by Gasteiger charge is 2.03. The smallest absolute Gasteiger partial charge is 0.147 e. The van der Waals surface area contributed by atoms with Gasteiger partial charge in [-0.05, 0) is 11.0 Å². The molecule has 3 heteroatoms. The second-order valence-corrected chi connectivity index (χ2v) is 2.76. The Morgan fingerprint density at radius 3 is 2.62 bits per heavy atom. The fourth-order valence-electron chi connectivity index (χ4n) is 0.337. The SMILES string of the molecule is CCCCO[P+](C)=O. The average Bonchev–Trinajstić information content (AvgIpc) is 1.66. The van der Waals surface area contributed by atoms with Crippen molar-refractivity contribution in [1.82, 2.24) is 0 Å². The van der Waals surface area contributed by atoms with Crippen LogP contribution in [0.25, 0.3) is 0 Å². The Hall–Kier alpha value is 0.0600. The Bertz CT molecular complexity index is 72.8. The van der Waals surface area contributed by atoms with Crippen LogP contribution >= 0.6 is 8.03 Å². The minimum atomic E-state index is -1.36. The van der Waals surface area contributed by atoms with Gasteiger partial charge in [-0.2, -0.15) is 0 Å². The molecule has 0 aliphatic rings. The number of unbranched alkanes of at least 4 members (excludes halogenated alkanes) is 1. The van der Waals surface area contributed by atoms with E-state index in [1.165, 1.54) is 0 Å². The van der Waals surface area contributed by atoms with Crippen LogP contribution in [0.4, 0.5) is 0 Å². The van der Waals surface area contributed by atoms with Crippen molar-refractivity contribution in [3.8, 4) is 0 Å². The minimum Gasteiger partial charge on any atom is -0.147 e. The molecule has 0 fully saturated rings. The fraction of sp³-hybridized carbons (Fsp3) is 1.00. The van der Waals surface area contributed by atoms with Crippen molar-refractivity contribution in [1.29, 1.82) is 0 Å². The van der Waals surface area contributed by atoms with Crippen LogP contribution in [0.3, 0.4) is 0 Å². The summed E-state index contributed by atoms with van der Waals surface area (Å²) in [6, 6.07) is 0. The van der Waals surface area contributed by atoms with Gasteiger partial charge in [-0.15, -0.1) is 4.52 Å². The molecule has 0 aliphatic heterocycles. The summed E-state index contributed by atoms with van der Waals surface area (Å²) >= 11 is 0. The predicted molar refractivity (Wildman–Crippen MR) is 34.4 cm³/mol. The highest BCUT2D eigenvalue weighted by Crippen LogP contribution is 2.14. The van der Waals surface area contributed by atoms with E-state index in [0.29, 0.717) is 6.61 Å². The fourth-order valence-corrected chi connectivity index (χ4v) is 0.724. The summed E-state index contributed by atoms with van der Waals surface area (Å²) < 4.78 is 15.0. The molecule has 0 radical (unpaired) electrons. The molecule has 0 bridgehead atoms. The van der Waals surface area contributed by atoms with Crippen LogP contribution in [0.5, 0.6) is 0 Å². The van der Waals surface area contributed by atoms with E-state index < -0.39 is 8.03 Å². The third kappa shape index (κ3) is 6.06. The summed E-state index contributed by atoms with van der Waals surface area (Å²) in [6.07, 6.45) is 2.11. The van der Waals surface area contributed by atoms with Gasteiger partial charge in [-0.1, -0.05) is 13.3 Å². The largest absolute Gasteiger partial charge is 0.504 e. The monoisotopic (exact) mass is 135 g/mol. The van der Waals surface area contributed by atoms with E-state index in [1.54, 1.807) is 6.66 Å². The summed E-state index contributed by atoms with van der Waals surface area (Å²) in [4.78, 5) is 0. The second kappa shape index (κ2) is 5.20. The first-order valence-electron chi connectivity index (χ1n) is 2.81. The van der Waals surface area contributed by atoms with Crippen LogP contribution in [0.1, 0.15) is 19.8 Å². The quantitative estimate of drug-likeness (QED) is 0.436. The Kier molecular flexibility index (Phi) is 5.24. The molecule has 0 aromatic carbocycles. The lowest BCUT2D eigenvalue weighted by Gasteiger charge is -1.84. The van der Waals surface area contributed by atoms with Crippen molar-refractivity contribution in [3.63, 3.8) is 0 Å². The lowest BCUT2D eigenvalue weighted by atomic mass is 10.4. The maximum atomic E-state index is 10.2. The van der Waals surface area contributed by atoms with E-state index in [1.807, 2.05) is 0 Å². The lowest BCUT2D eigenvalue weighted by Crippen LogP contribution is -1.82. The molecular formula is C5H12O2P+. The van der Waals surface area contributed by atoms with Gasteiger partial charge in [0.15, 0.2) is 6.66 Å². The van der Waals surface area contributed by atoms with Crippen LogP contribution in [0, 0.1) is 0 Å². The van der Waals surface area contributed by atoms with E-state index in [2.05, 4.69) is 6.92 Å². The van der Waals surface area contributed by atoms with E-state index in [0.717, 1.165) is 12.8 Å². The van der Waals surface area contributed by atoms with Gasteiger partial charge < -0.3 is 0 Å². The van der Waals surface area contributed by atoms with Crippen molar-refractivity contribution in [2.45, 2.75) is 19.8 Å². The molecule has 0 saturated heterocycles. The normalized spacial score (nSPS) is 11.5. The third-order valence-corrected chi connectivity index (χ3v) is 1.32. The molecule has 0 saturated carbocycles.